The van der Waals surface area contributed by atoms with Crippen molar-refractivity contribution >= 4 is 21.4 Å². The standard InChI is InChI=1S/C15H26N2O2S2/c1-3-16-10-14-9-15(20-12-14)21(18,19)17(2)11-13-7-5-4-6-8-13/h9,12-13,16H,3-8,10-11H2,1-2H3. The van der Waals surface area contributed by atoms with Crippen molar-refractivity contribution in [1.29, 1.82) is 0 Å². The molecule has 1 aromatic heterocycles. The maximum Gasteiger partial charge on any atom is 0.252 e. The summed E-state index contributed by atoms with van der Waals surface area (Å²) < 4.78 is 27.2. The second-order valence-corrected chi connectivity index (χ2v) is 9.03. The molecule has 0 unspecified atom stereocenters. The van der Waals surface area contributed by atoms with E-state index >= 15 is 0 Å². The highest BCUT2D eigenvalue weighted by Gasteiger charge is 2.26. The second kappa shape index (κ2) is 7.72. The average molecular weight is 331 g/mol. The normalized spacial score (nSPS) is 17.5. The van der Waals surface area contributed by atoms with E-state index in [0.717, 1.165) is 31.5 Å². The van der Waals surface area contributed by atoms with E-state index in [0.29, 0.717) is 16.7 Å². The van der Waals surface area contributed by atoms with Crippen LogP contribution in [0.3, 0.4) is 0 Å². The molecular formula is C15H26N2O2S2. The lowest BCUT2D eigenvalue weighted by Crippen LogP contribution is -2.32. The minimum atomic E-state index is -3.32. The smallest absolute Gasteiger partial charge is 0.252 e. The molecule has 0 saturated heterocycles. The van der Waals surface area contributed by atoms with Crippen molar-refractivity contribution in [3.8, 4) is 0 Å². The highest BCUT2D eigenvalue weighted by molar-refractivity contribution is 7.91. The summed E-state index contributed by atoms with van der Waals surface area (Å²) in [5, 5.41) is 5.16. The van der Waals surface area contributed by atoms with Crippen LogP contribution in [0.2, 0.25) is 0 Å². The van der Waals surface area contributed by atoms with Gasteiger partial charge >= 0.3 is 0 Å². The Hall–Kier alpha value is -0.430. The van der Waals surface area contributed by atoms with Crippen molar-refractivity contribution in [2.24, 2.45) is 5.92 Å². The summed E-state index contributed by atoms with van der Waals surface area (Å²) in [6, 6.07) is 1.81. The van der Waals surface area contributed by atoms with Crippen molar-refractivity contribution < 1.29 is 8.42 Å². The molecule has 120 valence electrons. The van der Waals surface area contributed by atoms with Crippen LogP contribution in [0, 0.1) is 5.92 Å². The molecule has 1 aliphatic carbocycles. The van der Waals surface area contributed by atoms with E-state index in [4.69, 9.17) is 0 Å². The Bertz CT molecular complexity index is 534. The van der Waals surface area contributed by atoms with Gasteiger partial charge in [0.25, 0.3) is 10.0 Å². The quantitative estimate of drug-likeness (QED) is 0.836. The monoisotopic (exact) mass is 330 g/mol. The Balaban J connectivity index is 2.00. The van der Waals surface area contributed by atoms with Gasteiger partial charge in [-0.2, -0.15) is 4.31 Å². The summed E-state index contributed by atoms with van der Waals surface area (Å²) in [6.45, 7) is 4.32. The van der Waals surface area contributed by atoms with Gasteiger partial charge in [-0.1, -0.05) is 26.2 Å². The van der Waals surface area contributed by atoms with E-state index in [1.807, 2.05) is 12.3 Å². The molecule has 1 heterocycles. The third-order valence-corrected chi connectivity index (χ3v) is 7.40. The van der Waals surface area contributed by atoms with E-state index in [1.165, 1.54) is 30.6 Å². The summed E-state index contributed by atoms with van der Waals surface area (Å²) in [7, 11) is -1.60. The van der Waals surface area contributed by atoms with Gasteiger partial charge in [0.15, 0.2) is 0 Å². The van der Waals surface area contributed by atoms with Crippen molar-refractivity contribution in [1.82, 2.24) is 9.62 Å². The van der Waals surface area contributed by atoms with Crippen molar-refractivity contribution in [2.75, 3.05) is 20.1 Å². The summed E-state index contributed by atoms with van der Waals surface area (Å²) in [6.07, 6.45) is 6.10. The lowest BCUT2D eigenvalue weighted by atomic mass is 9.89. The Morgan fingerprint density at radius 2 is 2.05 bits per heavy atom. The van der Waals surface area contributed by atoms with Gasteiger partial charge in [0.2, 0.25) is 0 Å². The maximum absolute atomic E-state index is 12.6. The first-order valence-corrected chi connectivity index (χ1v) is 10.1. The molecule has 2 rings (SSSR count). The molecule has 0 aromatic carbocycles. The average Bonchev–Trinajstić information content (AvgIpc) is 2.95. The summed E-state index contributed by atoms with van der Waals surface area (Å²) in [5.74, 6) is 0.528. The van der Waals surface area contributed by atoms with Crippen molar-refractivity contribution in [2.45, 2.75) is 49.8 Å². The minimum absolute atomic E-state index is 0.466. The largest absolute Gasteiger partial charge is 0.313 e. The Kier molecular flexibility index (Phi) is 6.22. The van der Waals surface area contributed by atoms with Gasteiger partial charge in [0, 0.05) is 20.1 Å². The third-order valence-electron chi connectivity index (χ3n) is 4.11. The zero-order chi connectivity index (χ0) is 15.3. The molecule has 0 atom stereocenters. The van der Waals surface area contributed by atoms with Gasteiger partial charge in [-0.05, 0) is 42.3 Å². The molecule has 1 N–H and O–H groups in total. The lowest BCUT2D eigenvalue weighted by molar-refractivity contribution is 0.300. The molecule has 0 spiro atoms. The van der Waals surface area contributed by atoms with E-state index < -0.39 is 10.0 Å². The summed E-state index contributed by atoms with van der Waals surface area (Å²) in [4.78, 5) is 0. The van der Waals surface area contributed by atoms with Crippen LogP contribution >= 0.6 is 11.3 Å². The van der Waals surface area contributed by atoms with Gasteiger partial charge in [0.1, 0.15) is 4.21 Å². The Morgan fingerprint density at radius 1 is 1.33 bits per heavy atom. The number of nitrogens with one attached hydrogen (secondary N) is 1. The highest BCUT2D eigenvalue weighted by atomic mass is 32.2. The van der Waals surface area contributed by atoms with E-state index in [9.17, 15) is 8.42 Å². The van der Waals surface area contributed by atoms with Crippen LogP contribution in [0.4, 0.5) is 0 Å². The zero-order valence-electron chi connectivity index (χ0n) is 13.0. The van der Waals surface area contributed by atoms with Crippen LogP contribution in [0.5, 0.6) is 0 Å². The molecule has 0 radical (unpaired) electrons. The molecule has 1 aliphatic rings. The molecule has 1 saturated carbocycles. The maximum atomic E-state index is 12.6. The van der Waals surface area contributed by atoms with E-state index in [2.05, 4.69) is 5.32 Å². The Labute approximate surface area is 132 Å². The fourth-order valence-electron chi connectivity index (χ4n) is 2.84. The molecule has 1 fully saturated rings. The Morgan fingerprint density at radius 3 is 2.71 bits per heavy atom. The van der Waals surface area contributed by atoms with Gasteiger partial charge in [-0.15, -0.1) is 11.3 Å². The first kappa shape index (κ1) is 16.9. The van der Waals surface area contributed by atoms with Crippen LogP contribution < -0.4 is 5.32 Å². The third kappa shape index (κ3) is 4.52. The van der Waals surface area contributed by atoms with Crippen LogP contribution in [-0.2, 0) is 16.6 Å². The summed E-state index contributed by atoms with van der Waals surface area (Å²) in [5.41, 5.74) is 1.05. The van der Waals surface area contributed by atoms with E-state index in [1.54, 1.807) is 17.4 Å². The number of rotatable bonds is 7. The predicted molar refractivity (Wildman–Crippen MR) is 88.1 cm³/mol. The fraction of sp³-hybridized carbons (Fsp3) is 0.733. The number of hydrogen-bond acceptors (Lipinski definition) is 4. The van der Waals surface area contributed by atoms with Gasteiger partial charge in [0.05, 0.1) is 0 Å². The molecule has 0 amide bonds. The molecule has 0 aliphatic heterocycles. The molecule has 4 nitrogen and oxygen atoms in total. The fourth-order valence-corrected chi connectivity index (χ4v) is 5.50. The minimum Gasteiger partial charge on any atom is -0.313 e. The molecule has 1 aromatic rings. The van der Waals surface area contributed by atoms with Crippen LogP contribution in [0.15, 0.2) is 15.7 Å². The number of hydrogen-bond donors (Lipinski definition) is 1. The van der Waals surface area contributed by atoms with Gasteiger partial charge in [-0.25, -0.2) is 8.42 Å². The first-order valence-electron chi connectivity index (χ1n) is 7.78. The van der Waals surface area contributed by atoms with Crippen LogP contribution in [0.1, 0.15) is 44.6 Å². The molecular weight excluding hydrogens is 304 g/mol. The van der Waals surface area contributed by atoms with Gasteiger partial charge < -0.3 is 5.32 Å². The van der Waals surface area contributed by atoms with Crippen molar-refractivity contribution in [3.63, 3.8) is 0 Å². The zero-order valence-corrected chi connectivity index (χ0v) is 14.6. The summed E-state index contributed by atoms with van der Waals surface area (Å²) >= 11 is 1.33. The predicted octanol–water partition coefficient (Wildman–Crippen LogP) is 3.06. The number of thiophene rings is 1. The lowest BCUT2D eigenvalue weighted by Gasteiger charge is -2.26. The molecule has 6 heteroatoms. The number of sulfonamides is 1. The topological polar surface area (TPSA) is 49.4 Å². The van der Waals surface area contributed by atoms with Gasteiger partial charge in [-0.3, -0.25) is 0 Å². The molecule has 0 bridgehead atoms. The molecule has 21 heavy (non-hydrogen) atoms. The first-order chi connectivity index (χ1) is 10.0. The van der Waals surface area contributed by atoms with Crippen LogP contribution in [-0.4, -0.2) is 32.9 Å². The number of nitrogens with zero attached hydrogens (tertiary/aromatic N) is 1. The SMILES string of the molecule is CCNCc1csc(S(=O)(=O)N(C)CC2CCCCC2)c1. The van der Waals surface area contributed by atoms with Crippen molar-refractivity contribution in [3.05, 3.63) is 17.0 Å². The van der Waals surface area contributed by atoms with E-state index in [-0.39, 0.29) is 0 Å². The van der Waals surface area contributed by atoms with Crippen LogP contribution in [0.25, 0.3) is 0 Å². The second-order valence-electron chi connectivity index (χ2n) is 5.84. The highest BCUT2D eigenvalue weighted by Crippen LogP contribution is 2.28.